The number of nitrogens with zero attached hydrogens (tertiary/aromatic N) is 2. The lowest BCUT2D eigenvalue weighted by Crippen LogP contribution is -2.57. The van der Waals surface area contributed by atoms with Crippen LogP contribution in [-0.2, 0) is 4.79 Å². The van der Waals surface area contributed by atoms with Gasteiger partial charge in [0.25, 0.3) is 0 Å². The summed E-state index contributed by atoms with van der Waals surface area (Å²) < 4.78 is 2.51. The Morgan fingerprint density at radius 2 is 1.41 bits per heavy atom. The number of hydrogen-bond acceptors (Lipinski definition) is 2. The third-order valence-electron chi connectivity index (χ3n) is 7.26. The van der Waals surface area contributed by atoms with Crippen LogP contribution in [0.1, 0.15) is 52.5 Å². The van der Waals surface area contributed by atoms with Gasteiger partial charge in [-0.05, 0) is 53.7 Å². The van der Waals surface area contributed by atoms with E-state index in [-0.39, 0.29) is 23.4 Å². The Kier molecular flexibility index (Phi) is 8.38. The molecule has 3 atom stereocenters. The maximum Gasteiger partial charge on any atom is 0.245 e. The number of carbonyl (C=O) groups is 1. The van der Waals surface area contributed by atoms with Crippen LogP contribution in [0.3, 0.4) is 0 Å². The molecule has 0 bridgehead atoms. The van der Waals surface area contributed by atoms with E-state index < -0.39 is 6.04 Å². The molecule has 2 N–H and O–H groups in total. The summed E-state index contributed by atoms with van der Waals surface area (Å²) in [5.41, 5.74) is 4.57. The Morgan fingerprint density at radius 3 is 1.89 bits per heavy atom. The molecule has 1 saturated carbocycles. The van der Waals surface area contributed by atoms with E-state index in [9.17, 15) is 4.79 Å². The van der Waals surface area contributed by atoms with Crippen molar-refractivity contribution in [1.29, 1.82) is 0 Å². The van der Waals surface area contributed by atoms with Gasteiger partial charge in [0.05, 0.1) is 6.04 Å². The lowest BCUT2D eigenvalue weighted by molar-refractivity contribution is -0.133. The second kappa shape index (κ2) is 11.5. The molecule has 2 aromatic carbocycles. The number of carbonyl (C=O) groups excluding carboxylic acids is 1. The number of amides is 1. The van der Waals surface area contributed by atoms with Crippen LogP contribution in [-0.4, -0.2) is 46.7 Å². The first kappa shape index (κ1) is 26.9. The van der Waals surface area contributed by atoms with Crippen LogP contribution in [0.2, 0.25) is 0 Å². The molecular formula is C31H40N4OS. The molecule has 1 aromatic heterocycles. The minimum absolute atomic E-state index is 0.0278. The predicted molar refractivity (Wildman–Crippen MR) is 157 cm³/mol. The summed E-state index contributed by atoms with van der Waals surface area (Å²) in [6.07, 6.45) is 4.41. The number of hydrogen-bond donors (Lipinski definition) is 2. The highest BCUT2D eigenvalue weighted by atomic mass is 32.1. The average Bonchev–Trinajstić information content (AvgIpc) is 3.32. The van der Waals surface area contributed by atoms with Gasteiger partial charge in [0.15, 0.2) is 5.11 Å². The van der Waals surface area contributed by atoms with Gasteiger partial charge in [-0.3, -0.25) is 4.79 Å². The summed E-state index contributed by atoms with van der Waals surface area (Å²) in [5.74, 6) is 0.0278. The minimum atomic E-state index is -0.407. The van der Waals surface area contributed by atoms with E-state index in [2.05, 4.69) is 109 Å². The fourth-order valence-electron chi connectivity index (χ4n) is 5.33. The van der Waals surface area contributed by atoms with Crippen molar-refractivity contribution in [1.82, 2.24) is 20.1 Å². The normalized spacial score (nSPS) is 18.6. The smallest absolute Gasteiger partial charge is 0.245 e. The first-order valence-corrected chi connectivity index (χ1v) is 13.7. The van der Waals surface area contributed by atoms with Crippen molar-refractivity contribution in [3.8, 4) is 22.5 Å². The molecule has 5 nitrogen and oxygen atoms in total. The summed E-state index contributed by atoms with van der Waals surface area (Å²) >= 11 is 5.82. The Labute approximate surface area is 227 Å². The van der Waals surface area contributed by atoms with Gasteiger partial charge in [0, 0.05) is 31.5 Å². The summed E-state index contributed by atoms with van der Waals surface area (Å²) in [6, 6.07) is 25.7. The quantitative estimate of drug-likeness (QED) is 0.379. The fraction of sp³-hybridized carbons (Fsp3) is 0.419. The Bertz CT molecular complexity index is 1140. The van der Waals surface area contributed by atoms with E-state index in [1.807, 2.05) is 0 Å². The average molecular weight is 517 g/mol. The lowest BCUT2D eigenvalue weighted by atomic mass is 9.86. The molecule has 196 valence electrons. The van der Waals surface area contributed by atoms with Gasteiger partial charge in [0.1, 0.15) is 6.04 Å². The second-order valence-electron chi connectivity index (χ2n) is 11.3. The van der Waals surface area contributed by atoms with Gasteiger partial charge < -0.3 is 20.1 Å². The van der Waals surface area contributed by atoms with Crippen molar-refractivity contribution in [3.05, 3.63) is 72.8 Å². The first-order valence-electron chi connectivity index (χ1n) is 13.3. The maximum atomic E-state index is 12.9. The molecule has 0 unspecified atom stereocenters. The van der Waals surface area contributed by atoms with E-state index in [1.165, 1.54) is 28.9 Å². The Balaban J connectivity index is 1.67. The molecule has 0 spiro atoms. The van der Waals surface area contributed by atoms with E-state index >= 15 is 0 Å². The van der Waals surface area contributed by atoms with Crippen molar-refractivity contribution in [3.63, 3.8) is 0 Å². The number of thiocarbonyl (C=S) groups is 1. The zero-order valence-electron chi connectivity index (χ0n) is 22.7. The molecule has 3 aromatic rings. The van der Waals surface area contributed by atoms with Crippen molar-refractivity contribution in [2.45, 2.75) is 64.6 Å². The number of rotatable bonds is 6. The molecule has 6 heteroatoms. The minimum Gasteiger partial charge on any atom is -0.358 e. The fourth-order valence-corrected chi connectivity index (χ4v) is 5.60. The molecule has 1 aliphatic rings. The van der Waals surface area contributed by atoms with Crippen molar-refractivity contribution < 1.29 is 4.79 Å². The van der Waals surface area contributed by atoms with Gasteiger partial charge in [-0.25, -0.2) is 0 Å². The highest BCUT2D eigenvalue weighted by Crippen LogP contribution is 2.38. The molecular weight excluding hydrogens is 476 g/mol. The van der Waals surface area contributed by atoms with Gasteiger partial charge in [-0.1, -0.05) is 94.3 Å². The molecule has 1 fully saturated rings. The molecule has 37 heavy (non-hydrogen) atoms. The first-order chi connectivity index (χ1) is 17.7. The van der Waals surface area contributed by atoms with Crippen LogP contribution < -0.4 is 10.6 Å². The Morgan fingerprint density at radius 1 is 0.892 bits per heavy atom. The van der Waals surface area contributed by atoms with Crippen molar-refractivity contribution in [2.75, 3.05) is 14.1 Å². The van der Waals surface area contributed by atoms with E-state index in [4.69, 9.17) is 12.2 Å². The third kappa shape index (κ3) is 6.24. The zero-order valence-corrected chi connectivity index (χ0v) is 23.5. The zero-order chi connectivity index (χ0) is 26.6. The van der Waals surface area contributed by atoms with Gasteiger partial charge >= 0.3 is 0 Å². The van der Waals surface area contributed by atoms with Crippen LogP contribution >= 0.6 is 12.2 Å². The van der Waals surface area contributed by atoms with Gasteiger partial charge in [0.2, 0.25) is 5.91 Å². The number of benzene rings is 2. The highest BCUT2D eigenvalue weighted by molar-refractivity contribution is 7.80. The van der Waals surface area contributed by atoms with E-state index in [0.29, 0.717) is 5.11 Å². The van der Waals surface area contributed by atoms with Gasteiger partial charge in [-0.15, -0.1) is 0 Å². The molecule has 0 aliphatic heterocycles. The number of nitrogens with one attached hydrogen (secondary N) is 2. The maximum absolute atomic E-state index is 12.9. The van der Waals surface area contributed by atoms with Crippen molar-refractivity contribution >= 4 is 23.2 Å². The van der Waals surface area contributed by atoms with Crippen LogP contribution in [0, 0.1) is 5.41 Å². The molecule has 0 radical (unpaired) electrons. The molecule has 1 amide bonds. The van der Waals surface area contributed by atoms with E-state index in [1.54, 1.807) is 19.0 Å². The SMILES string of the molecule is CN(C)C(=O)[C@@H](NC(=S)N[C@@H]1CCCC[C@H]1n1c(-c2ccccc2)ccc1-c1ccccc1)C(C)(C)C. The van der Waals surface area contributed by atoms with Crippen LogP contribution in [0.25, 0.3) is 22.5 Å². The highest BCUT2D eigenvalue weighted by Gasteiger charge is 2.35. The second-order valence-corrected chi connectivity index (χ2v) is 11.7. The number of likely N-dealkylation sites (N-methyl/N-ethyl adjacent to an activating group) is 1. The van der Waals surface area contributed by atoms with Crippen LogP contribution in [0.5, 0.6) is 0 Å². The monoisotopic (exact) mass is 516 g/mol. The molecule has 1 aliphatic carbocycles. The Hall–Kier alpha value is -3.12. The third-order valence-corrected chi connectivity index (χ3v) is 7.50. The lowest BCUT2D eigenvalue weighted by Gasteiger charge is -2.38. The largest absolute Gasteiger partial charge is 0.358 e. The predicted octanol–water partition coefficient (Wildman–Crippen LogP) is 6.27. The van der Waals surface area contributed by atoms with Crippen molar-refractivity contribution in [2.24, 2.45) is 5.41 Å². The van der Waals surface area contributed by atoms with E-state index in [0.717, 1.165) is 19.3 Å². The molecule has 1 heterocycles. The summed E-state index contributed by atoms with van der Waals surface area (Å²) in [4.78, 5) is 14.6. The standard InChI is InChI=1S/C31H40N4OS/c1-31(2,3)28(29(36)34(4)5)33-30(37)32-24-18-12-13-19-27(24)35-25(22-14-8-6-9-15-22)20-21-26(35)23-16-10-7-11-17-23/h6-11,14-17,20-21,24,27-28H,12-13,18-19H2,1-5H3,(H2,32,33,37)/t24-,27-,28-/m1/s1. The summed E-state index contributed by atoms with van der Waals surface area (Å²) in [6.45, 7) is 6.20. The summed E-state index contributed by atoms with van der Waals surface area (Å²) in [5, 5.41) is 7.55. The topological polar surface area (TPSA) is 49.3 Å². The van der Waals surface area contributed by atoms with Gasteiger partial charge in [-0.2, -0.15) is 0 Å². The summed E-state index contributed by atoms with van der Waals surface area (Å²) in [7, 11) is 3.58. The number of aromatic nitrogens is 1. The van der Waals surface area contributed by atoms with Crippen LogP contribution in [0.15, 0.2) is 72.8 Å². The molecule has 4 rings (SSSR count). The van der Waals surface area contributed by atoms with Crippen LogP contribution in [0.4, 0.5) is 0 Å². The molecule has 0 saturated heterocycles.